The lowest BCUT2D eigenvalue weighted by Gasteiger charge is -2.38. The molecule has 1 aromatic carbocycles. The Hall–Kier alpha value is -2.41. The number of ether oxygens (including phenoxy) is 1. The number of aromatic nitrogens is 2. The standard InChI is InChI=1S/C28H39N5O/c1-19(2)32-12-14-33(15-13-32)25-9-5-22(6-10-25)28-26-17-23(7-8-24-18-34-16-11-29-24)31-27(26)20(3)21(4)30-28/h5-6,9-10,17,19,24,29,31H,7-8,11-16,18H2,1-4H3. The van der Waals surface area contributed by atoms with E-state index in [4.69, 9.17) is 9.72 Å². The number of hydrogen-bond acceptors (Lipinski definition) is 5. The molecule has 0 bridgehead atoms. The number of nitrogens with one attached hydrogen (secondary N) is 2. The molecule has 5 rings (SSSR count). The van der Waals surface area contributed by atoms with Crippen molar-refractivity contribution in [3.05, 3.63) is 47.3 Å². The summed E-state index contributed by atoms with van der Waals surface area (Å²) in [5, 5.41) is 4.79. The largest absolute Gasteiger partial charge is 0.379 e. The summed E-state index contributed by atoms with van der Waals surface area (Å²) in [4.78, 5) is 13.8. The molecule has 6 nitrogen and oxygen atoms in total. The van der Waals surface area contributed by atoms with Gasteiger partial charge in [0.2, 0.25) is 0 Å². The Kier molecular flexibility index (Phi) is 6.91. The van der Waals surface area contributed by atoms with Gasteiger partial charge in [-0.3, -0.25) is 9.88 Å². The lowest BCUT2D eigenvalue weighted by Crippen LogP contribution is -2.48. The van der Waals surface area contributed by atoms with Crippen LogP contribution in [0.2, 0.25) is 0 Å². The maximum Gasteiger partial charge on any atom is 0.0799 e. The molecular weight excluding hydrogens is 422 g/mol. The molecule has 1 unspecified atom stereocenters. The van der Waals surface area contributed by atoms with E-state index in [9.17, 15) is 0 Å². The van der Waals surface area contributed by atoms with E-state index in [1.807, 2.05) is 0 Å². The highest BCUT2D eigenvalue weighted by atomic mass is 16.5. The van der Waals surface area contributed by atoms with Crippen LogP contribution in [-0.4, -0.2) is 72.9 Å². The number of nitrogens with zero attached hydrogens (tertiary/aromatic N) is 3. The number of aromatic amines is 1. The van der Waals surface area contributed by atoms with Gasteiger partial charge in [-0.15, -0.1) is 0 Å². The average Bonchev–Trinajstić information content (AvgIpc) is 3.30. The summed E-state index contributed by atoms with van der Waals surface area (Å²) in [7, 11) is 0. The highest BCUT2D eigenvalue weighted by Gasteiger charge is 2.20. The van der Waals surface area contributed by atoms with Crippen molar-refractivity contribution < 1.29 is 4.74 Å². The van der Waals surface area contributed by atoms with Gasteiger partial charge in [0.25, 0.3) is 0 Å². The average molecular weight is 462 g/mol. The van der Waals surface area contributed by atoms with Crippen molar-refractivity contribution in [3.63, 3.8) is 0 Å². The molecule has 2 aromatic heterocycles. The van der Waals surface area contributed by atoms with Crippen LogP contribution < -0.4 is 10.2 Å². The van der Waals surface area contributed by atoms with Crippen LogP contribution in [0.4, 0.5) is 5.69 Å². The molecule has 2 fully saturated rings. The summed E-state index contributed by atoms with van der Waals surface area (Å²) in [5.74, 6) is 0. The first-order chi connectivity index (χ1) is 16.5. The second-order valence-electron chi connectivity index (χ2n) is 10.2. The van der Waals surface area contributed by atoms with Crippen molar-refractivity contribution in [1.29, 1.82) is 0 Å². The highest BCUT2D eigenvalue weighted by molar-refractivity contribution is 5.96. The minimum atomic E-state index is 0.440. The molecule has 2 saturated heterocycles. The predicted octanol–water partition coefficient (Wildman–Crippen LogP) is 4.30. The van der Waals surface area contributed by atoms with E-state index in [0.29, 0.717) is 12.1 Å². The van der Waals surface area contributed by atoms with Gasteiger partial charge in [0, 0.05) is 72.8 Å². The fourth-order valence-electron chi connectivity index (χ4n) is 5.30. The number of aryl methyl sites for hydroxylation is 3. The molecule has 0 amide bonds. The van der Waals surface area contributed by atoms with Crippen LogP contribution in [-0.2, 0) is 11.2 Å². The van der Waals surface area contributed by atoms with Gasteiger partial charge >= 0.3 is 0 Å². The van der Waals surface area contributed by atoms with Crippen molar-refractivity contribution in [2.75, 3.05) is 50.8 Å². The van der Waals surface area contributed by atoms with Crippen molar-refractivity contribution in [2.24, 2.45) is 0 Å². The zero-order valence-corrected chi connectivity index (χ0v) is 21.2. The van der Waals surface area contributed by atoms with Crippen LogP contribution in [0.25, 0.3) is 22.2 Å². The van der Waals surface area contributed by atoms with Gasteiger partial charge in [0.1, 0.15) is 0 Å². The van der Waals surface area contributed by atoms with Crippen molar-refractivity contribution in [1.82, 2.24) is 20.2 Å². The number of benzene rings is 1. The van der Waals surface area contributed by atoms with Gasteiger partial charge < -0.3 is 19.9 Å². The predicted molar refractivity (Wildman–Crippen MR) is 141 cm³/mol. The van der Waals surface area contributed by atoms with Gasteiger partial charge in [-0.1, -0.05) is 12.1 Å². The van der Waals surface area contributed by atoms with E-state index in [1.165, 1.54) is 33.4 Å². The first kappa shape index (κ1) is 23.3. The number of rotatable bonds is 6. The van der Waals surface area contributed by atoms with Gasteiger partial charge in [0.05, 0.1) is 24.4 Å². The van der Waals surface area contributed by atoms with Crippen molar-refractivity contribution in [3.8, 4) is 11.3 Å². The Bertz CT molecular complexity index is 1110. The van der Waals surface area contributed by atoms with Crippen LogP contribution in [0, 0.1) is 13.8 Å². The molecule has 0 saturated carbocycles. The number of morpholine rings is 1. The summed E-state index contributed by atoms with van der Waals surface area (Å²) in [6.45, 7) is 15.9. The first-order valence-corrected chi connectivity index (χ1v) is 12.9. The zero-order chi connectivity index (χ0) is 23.7. The molecule has 0 radical (unpaired) electrons. The zero-order valence-electron chi connectivity index (χ0n) is 21.2. The lowest BCUT2D eigenvalue weighted by molar-refractivity contribution is 0.0743. The molecule has 0 spiro atoms. The third-order valence-electron chi connectivity index (χ3n) is 7.64. The van der Waals surface area contributed by atoms with Gasteiger partial charge in [-0.2, -0.15) is 0 Å². The summed E-state index contributed by atoms with van der Waals surface area (Å²) in [5.41, 5.74) is 8.40. The molecule has 34 heavy (non-hydrogen) atoms. The van der Waals surface area contributed by atoms with Crippen LogP contribution in [0.15, 0.2) is 30.3 Å². The molecule has 2 aliphatic heterocycles. The fourth-order valence-corrected chi connectivity index (χ4v) is 5.30. The van der Waals surface area contributed by atoms with E-state index in [2.05, 4.69) is 78.1 Å². The fraction of sp³-hybridized carbons (Fsp3) is 0.536. The Morgan fingerprint density at radius 2 is 1.85 bits per heavy atom. The van der Waals surface area contributed by atoms with Gasteiger partial charge in [-0.25, -0.2) is 0 Å². The number of pyridine rings is 1. The van der Waals surface area contributed by atoms with Crippen LogP contribution >= 0.6 is 0 Å². The van der Waals surface area contributed by atoms with E-state index < -0.39 is 0 Å². The van der Waals surface area contributed by atoms with E-state index in [1.54, 1.807) is 0 Å². The third kappa shape index (κ3) is 4.85. The summed E-state index contributed by atoms with van der Waals surface area (Å²) < 4.78 is 5.62. The Balaban J connectivity index is 1.36. The van der Waals surface area contributed by atoms with Crippen molar-refractivity contribution in [2.45, 2.75) is 52.6 Å². The Labute approximate surface area is 203 Å². The second-order valence-corrected chi connectivity index (χ2v) is 10.2. The number of H-pyrrole nitrogens is 1. The quantitative estimate of drug-likeness (QED) is 0.573. The normalized spacial score (nSPS) is 19.9. The Morgan fingerprint density at radius 3 is 2.53 bits per heavy atom. The summed E-state index contributed by atoms with van der Waals surface area (Å²) >= 11 is 0. The minimum Gasteiger partial charge on any atom is -0.379 e. The van der Waals surface area contributed by atoms with Crippen molar-refractivity contribution >= 4 is 16.6 Å². The summed E-state index contributed by atoms with van der Waals surface area (Å²) in [6.07, 6.45) is 2.08. The molecule has 182 valence electrons. The van der Waals surface area contributed by atoms with E-state index >= 15 is 0 Å². The number of anilines is 1. The maximum atomic E-state index is 5.62. The molecule has 0 aliphatic carbocycles. The molecule has 3 aromatic rings. The highest BCUT2D eigenvalue weighted by Crippen LogP contribution is 2.32. The van der Waals surface area contributed by atoms with Gasteiger partial charge in [-0.05, 0) is 64.3 Å². The monoisotopic (exact) mass is 461 g/mol. The second kappa shape index (κ2) is 10.1. The minimum absolute atomic E-state index is 0.440. The van der Waals surface area contributed by atoms with Crippen LogP contribution in [0.3, 0.4) is 0 Å². The maximum absolute atomic E-state index is 5.62. The smallest absolute Gasteiger partial charge is 0.0799 e. The molecule has 4 heterocycles. The van der Waals surface area contributed by atoms with Gasteiger partial charge in [0.15, 0.2) is 0 Å². The topological polar surface area (TPSA) is 56.4 Å². The molecule has 6 heteroatoms. The molecular formula is C28H39N5O. The van der Waals surface area contributed by atoms with E-state index in [0.717, 1.165) is 70.2 Å². The molecule has 2 N–H and O–H groups in total. The number of piperazine rings is 1. The number of fused-ring (bicyclic) bond motifs is 1. The third-order valence-corrected chi connectivity index (χ3v) is 7.64. The van der Waals surface area contributed by atoms with E-state index in [-0.39, 0.29) is 0 Å². The summed E-state index contributed by atoms with van der Waals surface area (Å²) in [6, 6.07) is 12.4. The molecule has 1 atom stereocenters. The first-order valence-electron chi connectivity index (χ1n) is 12.9. The SMILES string of the molecule is Cc1nc(-c2ccc(N3CCN(C(C)C)CC3)cc2)c2cc(CCC3COCCN3)[nH]c2c1C. The Morgan fingerprint density at radius 1 is 1.09 bits per heavy atom. The van der Waals surface area contributed by atoms with Crippen LogP contribution in [0.5, 0.6) is 0 Å². The van der Waals surface area contributed by atoms with Crippen LogP contribution in [0.1, 0.15) is 37.2 Å². The number of hydrogen-bond donors (Lipinski definition) is 2. The lowest BCUT2D eigenvalue weighted by atomic mass is 10.0. The molecule has 2 aliphatic rings.